The summed E-state index contributed by atoms with van der Waals surface area (Å²) in [6.45, 7) is 2.66. The Labute approximate surface area is 120 Å². The molecule has 1 fully saturated rings. The van der Waals surface area contributed by atoms with Gasteiger partial charge in [-0.25, -0.2) is 0 Å². The van der Waals surface area contributed by atoms with Gasteiger partial charge in [-0.3, -0.25) is 4.90 Å². The average Bonchev–Trinajstić information content (AvgIpc) is 3.21. The van der Waals surface area contributed by atoms with Crippen molar-refractivity contribution in [1.29, 1.82) is 0 Å². The Balaban J connectivity index is 1.85. The van der Waals surface area contributed by atoms with Crippen LogP contribution in [0.1, 0.15) is 18.4 Å². The van der Waals surface area contributed by atoms with E-state index in [1.54, 1.807) is 7.11 Å². The zero-order valence-electron chi connectivity index (χ0n) is 11.7. The predicted molar refractivity (Wildman–Crippen MR) is 79.6 cm³/mol. The van der Waals surface area contributed by atoms with Crippen molar-refractivity contribution < 1.29 is 4.74 Å². The van der Waals surface area contributed by atoms with Gasteiger partial charge in [-0.15, -0.1) is 0 Å². The molecule has 3 nitrogen and oxygen atoms in total. The third-order valence-corrected chi connectivity index (χ3v) is 3.80. The minimum absolute atomic E-state index is 0.404. The fraction of sp³-hybridized carbons (Fsp3) is 0.600. The normalized spacial score (nSPS) is 16.8. The lowest BCUT2D eigenvalue weighted by molar-refractivity contribution is 0.101. The molecule has 1 atom stereocenters. The maximum absolute atomic E-state index is 5.91. The lowest BCUT2D eigenvalue weighted by Gasteiger charge is -2.28. The predicted octanol–water partition coefficient (Wildman–Crippen LogP) is 2.54. The minimum atomic E-state index is 0.404. The molecule has 1 aliphatic rings. The van der Waals surface area contributed by atoms with Gasteiger partial charge in [0.1, 0.15) is 0 Å². The van der Waals surface area contributed by atoms with Crippen molar-refractivity contribution in [2.24, 2.45) is 0 Å². The molecule has 106 valence electrons. The summed E-state index contributed by atoms with van der Waals surface area (Å²) >= 11 is 5.91. The van der Waals surface area contributed by atoms with Crippen LogP contribution < -0.4 is 5.32 Å². The van der Waals surface area contributed by atoms with E-state index in [1.165, 1.54) is 18.4 Å². The molecule has 2 rings (SSSR count). The van der Waals surface area contributed by atoms with Gasteiger partial charge >= 0.3 is 0 Å². The van der Waals surface area contributed by atoms with Crippen LogP contribution >= 0.6 is 11.6 Å². The maximum atomic E-state index is 5.91. The molecule has 19 heavy (non-hydrogen) atoms. The lowest BCUT2D eigenvalue weighted by atomic mass is 10.2. The number of hydrogen-bond acceptors (Lipinski definition) is 3. The second-order valence-electron chi connectivity index (χ2n) is 5.33. The van der Waals surface area contributed by atoms with Crippen LogP contribution in [0.2, 0.25) is 5.02 Å². The molecule has 1 unspecified atom stereocenters. The summed E-state index contributed by atoms with van der Waals surface area (Å²) in [5.74, 6) is 0. The van der Waals surface area contributed by atoms with Gasteiger partial charge in [0.05, 0.1) is 6.61 Å². The van der Waals surface area contributed by atoms with Gasteiger partial charge in [-0.1, -0.05) is 23.7 Å². The SMILES string of the molecule is COCC(CNC1CC1)N(C)Cc1ccc(Cl)cc1. The topological polar surface area (TPSA) is 24.5 Å². The summed E-state index contributed by atoms with van der Waals surface area (Å²) in [6.07, 6.45) is 2.64. The molecule has 1 saturated carbocycles. The van der Waals surface area contributed by atoms with E-state index in [0.29, 0.717) is 6.04 Å². The number of rotatable bonds is 8. The summed E-state index contributed by atoms with van der Waals surface area (Å²) in [5.41, 5.74) is 1.28. The van der Waals surface area contributed by atoms with Crippen molar-refractivity contribution >= 4 is 11.6 Å². The van der Waals surface area contributed by atoms with Crippen LogP contribution in [0.5, 0.6) is 0 Å². The van der Waals surface area contributed by atoms with E-state index >= 15 is 0 Å². The largest absolute Gasteiger partial charge is 0.383 e. The van der Waals surface area contributed by atoms with Crippen molar-refractivity contribution in [2.45, 2.75) is 31.5 Å². The number of benzene rings is 1. The number of hydrogen-bond donors (Lipinski definition) is 1. The van der Waals surface area contributed by atoms with Crippen molar-refractivity contribution in [3.8, 4) is 0 Å². The van der Waals surface area contributed by atoms with Gasteiger partial charge in [0.25, 0.3) is 0 Å². The summed E-state index contributed by atoms with van der Waals surface area (Å²) < 4.78 is 5.33. The Hall–Kier alpha value is -0.610. The van der Waals surface area contributed by atoms with Crippen molar-refractivity contribution in [1.82, 2.24) is 10.2 Å². The number of nitrogens with one attached hydrogen (secondary N) is 1. The smallest absolute Gasteiger partial charge is 0.0630 e. The molecule has 0 spiro atoms. The molecule has 0 radical (unpaired) electrons. The van der Waals surface area contributed by atoms with Crippen LogP contribution in [0.25, 0.3) is 0 Å². The minimum Gasteiger partial charge on any atom is -0.383 e. The molecular formula is C15H23ClN2O. The van der Waals surface area contributed by atoms with Gasteiger partial charge in [-0.2, -0.15) is 0 Å². The maximum Gasteiger partial charge on any atom is 0.0630 e. The average molecular weight is 283 g/mol. The van der Waals surface area contributed by atoms with E-state index in [2.05, 4.69) is 29.4 Å². The Kier molecular flexibility index (Phi) is 5.64. The van der Waals surface area contributed by atoms with Crippen LogP contribution in [0.4, 0.5) is 0 Å². The van der Waals surface area contributed by atoms with E-state index < -0.39 is 0 Å². The third kappa shape index (κ3) is 5.11. The zero-order chi connectivity index (χ0) is 13.7. The number of ether oxygens (including phenoxy) is 1. The van der Waals surface area contributed by atoms with Crippen LogP contribution in [0, 0.1) is 0 Å². The molecule has 0 aromatic heterocycles. The van der Waals surface area contributed by atoms with Crippen molar-refractivity contribution in [3.05, 3.63) is 34.9 Å². The highest BCUT2D eigenvalue weighted by atomic mass is 35.5. The highest BCUT2D eigenvalue weighted by Gasteiger charge is 2.23. The number of halogens is 1. The van der Waals surface area contributed by atoms with Crippen LogP contribution in [0.15, 0.2) is 24.3 Å². The number of likely N-dealkylation sites (N-methyl/N-ethyl adjacent to an activating group) is 1. The molecule has 0 amide bonds. The van der Waals surface area contributed by atoms with E-state index in [4.69, 9.17) is 16.3 Å². The third-order valence-electron chi connectivity index (χ3n) is 3.55. The Morgan fingerprint density at radius 1 is 1.37 bits per heavy atom. The van der Waals surface area contributed by atoms with Crippen LogP contribution in [0.3, 0.4) is 0 Å². The first-order chi connectivity index (χ1) is 9.19. The van der Waals surface area contributed by atoms with Gasteiger partial charge < -0.3 is 10.1 Å². The second kappa shape index (κ2) is 7.25. The highest BCUT2D eigenvalue weighted by molar-refractivity contribution is 6.30. The van der Waals surface area contributed by atoms with Gasteiger partial charge in [0.15, 0.2) is 0 Å². The summed E-state index contributed by atoms with van der Waals surface area (Å²) in [4.78, 5) is 2.34. The molecule has 0 bridgehead atoms. The van der Waals surface area contributed by atoms with Gasteiger partial charge in [-0.05, 0) is 37.6 Å². The van der Waals surface area contributed by atoms with E-state index in [0.717, 1.165) is 30.8 Å². The Morgan fingerprint density at radius 2 is 2.05 bits per heavy atom. The number of nitrogens with zero attached hydrogens (tertiary/aromatic N) is 1. The lowest BCUT2D eigenvalue weighted by Crippen LogP contribution is -2.43. The van der Waals surface area contributed by atoms with E-state index in [9.17, 15) is 0 Å². The molecule has 1 aromatic rings. The highest BCUT2D eigenvalue weighted by Crippen LogP contribution is 2.19. The zero-order valence-corrected chi connectivity index (χ0v) is 12.5. The van der Waals surface area contributed by atoms with Crippen LogP contribution in [-0.2, 0) is 11.3 Å². The molecule has 4 heteroatoms. The van der Waals surface area contributed by atoms with E-state index in [1.807, 2.05) is 12.1 Å². The molecule has 1 aliphatic carbocycles. The Morgan fingerprint density at radius 3 is 2.63 bits per heavy atom. The Bertz CT molecular complexity index is 378. The summed E-state index contributed by atoms with van der Waals surface area (Å²) in [5, 5.41) is 4.36. The van der Waals surface area contributed by atoms with Gasteiger partial charge in [0.2, 0.25) is 0 Å². The first-order valence-electron chi connectivity index (χ1n) is 6.86. The fourth-order valence-electron chi connectivity index (χ4n) is 2.13. The van der Waals surface area contributed by atoms with Crippen molar-refractivity contribution in [3.63, 3.8) is 0 Å². The van der Waals surface area contributed by atoms with Crippen molar-refractivity contribution in [2.75, 3.05) is 27.3 Å². The van der Waals surface area contributed by atoms with Gasteiger partial charge in [0, 0.05) is 37.3 Å². The monoisotopic (exact) mass is 282 g/mol. The fourth-order valence-corrected chi connectivity index (χ4v) is 2.26. The first kappa shape index (κ1) is 14.8. The first-order valence-corrected chi connectivity index (χ1v) is 7.24. The summed E-state index contributed by atoms with van der Waals surface area (Å²) in [7, 11) is 3.91. The molecule has 1 N–H and O–H groups in total. The molecular weight excluding hydrogens is 260 g/mol. The molecule has 0 heterocycles. The summed E-state index contributed by atoms with van der Waals surface area (Å²) in [6, 6.07) is 9.19. The van der Waals surface area contributed by atoms with E-state index in [-0.39, 0.29) is 0 Å². The number of methoxy groups -OCH3 is 1. The molecule has 0 saturated heterocycles. The molecule has 1 aromatic carbocycles. The molecule has 0 aliphatic heterocycles. The standard InChI is InChI=1S/C15H23ClN2O/c1-18(10-12-3-5-13(16)6-4-12)15(11-19-2)9-17-14-7-8-14/h3-6,14-15,17H,7-11H2,1-2H3. The second-order valence-corrected chi connectivity index (χ2v) is 5.77. The van der Waals surface area contributed by atoms with Crippen LogP contribution in [-0.4, -0.2) is 44.3 Å². The quantitative estimate of drug-likeness (QED) is 0.793.